The fraction of sp³-hybridized carbons (Fsp3) is 0.455. The molecule has 0 spiro atoms. The van der Waals surface area contributed by atoms with Gasteiger partial charge >= 0.3 is 0 Å². The smallest absolute Gasteiger partial charge is 0.124 e. The second-order valence-electron chi connectivity index (χ2n) is 3.96. The van der Waals surface area contributed by atoms with Crippen LogP contribution in [0.4, 0.5) is 0 Å². The lowest BCUT2D eigenvalue weighted by Crippen LogP contribution is -2.16. The first-order valence-electron chi connectivity index (χ1n) is 4.36. The molecule has 2 heteroatoms. The number of hydrogen-bond donors (Lipinski definition) is 2. The maximum Gasteiger partial charge on any atom is 0.124 e. The summed E-state index contributed by atoms with van der Waals surface area (Å²) in [5.41, 5.74) is 1.46. The SMILES string of the molecule is Cc1ccc(C(C)(C)O)c(O)c1C. The van der Waals surface area contributed by atoms with Crippen molar-refractivity contribution in [2.75, 3.05) is 0 Å². The number of aliphatic hydroxyl groups is 1. The maximum absolute atomic E-state index is 9.75. The summed E-state index contributed by atoms with van der Waals surface area (Å²) in [6, 6.07) is 3.67. The minimum atomic E-state index is -0.984. The second-order valence-corrected chi connectivity index (χ2v) is 3.96. The van der Waals surface area contributed by atoms with Crippen LogP contribution in [-0.4, -0.2) is 10.2 Å². The van der Waals surface area contributed by atoms with E-state index in [4.69, 9.17) is 0 Å². The van der Waals surface area contributed by atoms with E-state index in [2.05, 4.69) is 0 Å². The first-order chi connectivity index (χ1) is 5.84. The van der Waals surface area contributed by atoms with E-state index < -0.39 is 5.60 Å². The summed E-state index contributed by atoms with van der Waals surface area (Å²) in [6.45, 7) is 7.11. The molecule has 0 saturated heterocycles. The van der Waals surface area contributed by atoms with Gasteiger partial charge in [0.15, 0.2) is 0 Å². The van der Waals surface area contributed by atoms with Crippen molar-refractivity contribution >= 4 is 0 Å². The molecule has 1 rings (SSSR count). The van der Waals surface area contributed by atoms with Gasteiger partial charge in [-0.25, -0.2) is 0 Å². The summed E-state index contributed by atoms with van der Waals surface area (Å²) in [5, 5.41) is 19.5. The molecule has 1 aromatic carbocycles. The topological polar surface area (TPSA) is 40.5 Å². The summed E-state index contributed by atoms with van der Waals surface area (Å²) < 4.78 is 0. The number of hydrogen-bond acceptors (Lipinski definition) is 2. The van der Waals surface area contributed by atoms with Crippen LogP contribution in [-0.2, 0) is 5.60 Å². The van der Waals surface area contributed by atoms with E-state index >= 15 is 0 Å². The van der Waals surface area contributed by atoms with E-state index in [0.717, 1.165) is 11.1 Å². The van der Waals surface area contributed by atoms with Gasteiger partial charge in [-0.1, -0.05) is 12.1 Å². The van der Waals surface area contributed by atoms with Gasteiger partial charge in [-0.3, -0.25) is 0 Å². The molecule has 13 heavy (non-hydrogen) atoms. The molecule has 0 aliphatic rings. The highest BCUT2D eigenvalue weighted by molar-refractivity contribution is 5.46. The molecule has 0 aliphatic carbocycles. The van der Waals surface area contributed by atoms with E-state index in [1.165, 1.54) is 0 Å². The Hall–Kier alpha value is -1.02. The number of aromatic hydroxyl groups is 1. The highest BCUT2D eigenvalue weighted by Crippen LogP contribution is 2.32. The van der Waals surface area contributed by atoms with E-state index in [1.54, 1.807) is 19.9 Å². The van der Waals surface area contributed by atoms with Gasteiger partial charge in [-0.05, 0) is 38.8 Å². The van der Waals surface area contributed by atoms with E-state index in [-0.39, 0.29) is 5.75 Å². The average Bonchev–Trinajstić information content (AvgIpc) is 1.98. The second kappa shape index (κ2) is 3.04. The molecule has 0 unspecified atom stereocenters. The summed E-state index contributed by atoms with van der Waals surface area (Å²) in [4.78, 5) is 0. The zero-order valence-corrected chi connectivity index (χ0v) is 8.55. The number of phenolic OH excluding ortho intramolecular Hbond substituents is 1. The van der Waals surface area contributed by atoms with Crippen molar-refractivity contribution in [3.63, 3.8) is 0 Å². The van der Waals surface area contributed by atoms with Gasteiger partial charge in [0, 0.05) is 5.56 Å². The van der Waals surface area contributed by atoms with Crippen molar-refractivity contribution in [2.45, 2.75) is 33.3 Å². The lowest BCUT2D eigenvalue weighted by atomic mass is 9.93. The largest absolute Gasteiger partial charge is 0.507 e. The van der Waals surface area contributed by atoms with Crippen molar-refractivity contribution in [1.29, 1.82) is 0 Å². The van der Waals surface area contributed by atoms with Crippen LogP contribution in [0.25, 0.3) is 0 Å². The highest BCUT2D eigenvalue weighted by Gasteiger charge is 2.21. The molecule has 0 atom stereocenters. The summed E-state index contributed by atoms with van der Waals surface area (Å²) >= 11 is 0. The first-order valence-corrected chi connectivity index (χ1v) is 4.36. The summed E-state index contributed by atoms with van der Waals surface area (Å²) in [7, 11) is 0. The third-order valence-corrected chi connectivity index (χ3v) is 2.36. The maximum atomic E-state index is 9.75. The Kier molecular flexibility index (Phi) is 2.35. The van der Waals surface area contributed by atoms with Crippen LogP contribution in [0, 0.1) is 13.8 Å². The number of phenols is 1. The molecule has 0 aliphatic heterocycles. The third kappa shape index (κ3) is 1.83. The predicted molar refractivity (Wildman–Crippen MR) is 52.8 cm³/mol. The Balaban J connectivity index is 3.35. The van der Waals surface area contributed by atoms with Crippen LogP contribution in [0.3, 0.4) is 0 Å². The zero-order valence-electron chi connectivity index (χ0n) is 8.55. The number of rotatable bonds is 1. The van der Waals surface area contributed by atoms with E-state index in [1.807, 2.05) is 19.9 Å². The predicted octanol–water partition coefficient (Wildman–Crippen LogP) is 2.24. The van der Waals surface area contributed by atoms with Gasteiger partial charge < -0.3 is 10.2 Å². The van der Waals surface area contributed by atoms with E-state index in [0.29, 0.717) is 5.56 Å². The Morgan fingerprint density at radius 1 is 1.15 bits per heavy atom. The van der Waals surface area contributed by atoms with Crippen molar-refractivity contribution in [3.8, 4) is 5.75 Å². The molecule has 72 valence electrons. The first kappa shape index (κ1) is 10.1. The van der Waals surface area contributed by atoms with Crippen LogP contribution in [0.15, 0.2) is 12.1 Å². The quantitative estimate of drug-likeness (QED) is 0.695. The highest BCUT2D eigenvalue weighted by atomic mass is 16.3. The molecule has 0 aromatic heterocycles. The number of aryl methyl sites for hydroxylation is 1. The van der Waals surface area contributed by atoms with Crippen LogP contribution in [0.1, 0.15) is 30.5 Å². The summed E-state index contributed by atoms with van der Waals surface area (Å²) in [5.74, 6) is 0.201. The van der Waals surface area contributed by atoms with E-state index in [9.17, 15) is 10.2 Å². The number of benzene rings is 1. The zero-order chi connectivity index (χ0) is 10.2. The molecular formula is C11H16O2. The molecule has 0 heterocycles. The van der Waals surface area contributed by atoms with Crippen molar-refractivity contribution in [2.24, 2.45) is 0 Å². The lowest BCUT2D eigenvalue weighted by Gasteiger charge is -2.20. The van der Waals surface area contributed by atoms with Gasteiger partial charge in [0.25, 0.3) is 0 Å². The fourth-order valence-electron chi connectivity index (χ4n) is 1.29. The van der Waals surface area contributed by atoms with Crippen LogP contribution in [0.2, 0.25) is 0 Å². The molecule has 0 saturated carbocycles. The minimum absolute atomic E-state index is 0.201. The average molecular weight is 180 g/mol. The summed E-state index contributed by atoms with van der Waals surface area (Å²) in [6.07, 6.45) is 0. The molecule has 0 bridgehead atoms. The molecule has 0 fully saturated rings. The monoisotopic (exact) mass is 180 g/mol. The molecule has 0 radical (unpaired) electrons. The molecule has 0 amide bonds. The minimum Gasteiger partial charge on any atom is -0.507 e. The normalized spacial score (nSPS) is 11.8. The van der Waals surface area contributed by atoms with Gasteiger partial charge in [-0.2, -0.15) is 0 Å². The van der Waals surface area contributed by atoms with Gasteiger partial charge in [0.2, 0.25) is 0 Å². The van der Waals surface area contributed by atoms with Crippen LogP contribution < -0.4 is 0 Å². The third-order valence-electron chi connectivity index (χ3n) is 2.36. The fourth-order valence-corrected chi connectivity index (χ4v) is 1.29. The van der Waals surface area contributed by atoms with Crippen molar-refractivity contribution in [3.05, 3.63) is 28.8 Å². The standard InChI is InChI=1S/C11H16O2/c1-7-5-6-9(11(3,4)13)10(12)8(7)2/h5-6,12-13H,1-4H3. The lowest BCUT2D eigenvalue weighted by molar-refractivity contribution is 0.0757. The van der Waals surface area contributed by atoms with Crippen LogP contribution in [0.5, 0.6) is 5.75 Å². The molecular weight excluding hydrogens is 164 g/mol. The molecule has 2 nitrogen and oxygen atoms in total. The van der Waals surface area contributed by atoms with Gasteiger partial charge in [0.1, 0.15) is 5.75 Å². The molecule has 2 N–H and O–H groups in total. The Morgan fingerprint density at radius 2 is 1.69 bits per heavy atom. The van der Waals surface area contributed by atoms with Crippen molar-refractivity contribution < 1.29 is 10.2 Å². The Labute approximate surface area is 78.8 Å². The van der Waals surface area contributed by atoms with Crippen LogP contribution >= 0.6 is 0 Å². The Bertz CT molecular complexity index is 322. The van der Waals surface area contributed by atoms with Gasteiger partial charge in [0.05, 0.1) is 5.60 Å². The van der Waals surface area contributed by atoms with Crippen molar-refractivity contribution in [1.82, 2.24) is 0 Å². The van der Waals surface area contributed by atoms with Gasteiger partial charge in [-0.15, -0.1) is 0 Å². The molecule has 1 aromatic rings. The Morgan fingerprint density at radius 3 is 2.15 bits per heavy atom.